The first kappa shape index (κ1) is 18.5. The predicted molar refractivity (Wildman–Crippen MR) is 107 cm³/mol. The predicted octanol–water partition coefficient (Wildman–Crippen LogP) is 6.57. The van der Waals surface area contributed by atoms with Crippen LogP contribution in [0.3, 0.4) is 0 Å². The molecule has 1 saturated carbocycles. The molecule has 3 rings (SSSR count). The van der Waals surface area contributed by atoms with E-state index in [1.165, 1.54) is 49.7 Å². The van der Waals surface area contributed by atoms with Crippen molar-refractivity contribution in [1.82, 2.24) is 0 Å². The van der Waals surface area contributed by atoms with E-state index in [-0.39, 0.29) is 0 Å². The molecule has 2 heteroatoms. The topological polar surface area (TPSA) is 33.0 Å². The SMILES string of the molecule is CCCCCOc1ccc(C2CCC(c3ccc(C#N)cc3)CC2)cc1. The highest BCUT2D eigenvalue weighted by atomic mass is 16.5. The van der Waals surface area contributed by atoms with E-state index < -0.39 is 0 Å². The summed E-state index contributed by atoms with van der Waals surface area (Å²) in [7, 11) is 0. The minimum atomic E-state index is 0.639. The number of hydrogen-bond donors (Lipinski definition) is 0. The molecule has 0 spiro atoms. The Hall–Kier alpha value is -2.27. The van der Waals surface area contributed by atoms with Gasteiger partial charge in [0.15, 0.2) is 0 Å². The summed E-state index contributed by atoms with van der Waals surface area (Å²) < 4.78 is 5.82. The number of unbranched alkanes of at least 4 members (excludes halogenated alkanes) is 2. The van der Waals surface area contributed by atoms with Gasteiger partial charge < -0.3 is 4.74 Å². The van der Waals surface area contributed by atoms with Crippen LogP contribution in [0.2, 0.25) is 0 Å². The summed E-state index contributed by atoms with van der Waals surface area (Å²) >= 11 is 0. The lowest BCUT2D eigenvalue weighted by Crippen LogP contribution is -2.12. The smallest absolute Gasteiger partial charge is 0.119 e. The summed E-state index contributed by atoms with van der Waals surface area (Å²) in [6.45, 7) is 3.04. The Kier molecular flexibility index (Phi) is 6.72. The standard InChI is InChI=1S/C24H29NO/c1-2-3-4-17-26-24-15-13-23(14-16-24)22-11-9-21(10-12-22)20-7-5-19(18-25)6-8-20/h5-8,13-16,21-22H,2-4,9-12,17H2,1H3. The van der Waals surface area contributed by atoms with Crippen molar-refractivity contribution in [3.63, 3.8) is 0 Å². The Morgan fingerprint density at radius 1 is 0.846 bits per heavy atom. The Morgan fingerprint density at radius 2 is 1.38 bits per heavy atom. The monoisotopic (exact) mass is 347 g/mol. The Labute approximate surface area is 157 Å². The fourth-order valence-corrected chi connectivity index (χ4v) is 3.97. The van der Waals surface area contributed by atoms with Crippen LogP contribution in [0, 0.1) is 11.3 Å². The number of nitriles is 1. The van der Waals surface area contributed by atoms with E-state index in [4.69, 9.17) is 10.00 Å². The third kappa shape index (κ3) is 4.88. The molecule has 0 unspecified atom stereocenters. The number of ether oxygens (including phenoxy) is 1. The molecule has 1 aliphatic carbocycles. The molecule has 0 bridgehead atoms. The highest BCUT2D eigenvalue weighted by molar-refractivity contribution is 5.34. The Bertz CT molecular complexity index is 703. The maximum Gasteiger partial charge on any atom is 0.119 e. The first-order valence-corrected chi connectivity index (χ1v) is 10.0. The van der Waals surface area contributed by atoms with Gasteiger partial charge in [0, 0.05) is 0 Å². The largest absolute Gasteiger partial charge is 0.494 e. The molecule has 0 radical (unpaired) electrons. The zero-order valence-corrected chi connectivity index (χ0v) is 15.8. The molecular formula is C24H29NO. The molecule has 1 fully saturated rings. The van der Waals surface area contributed by atoms with Gasteiger partial charge in [-0.15, -0.1) is 0 Å². The van der Waals surface area contributed by atoms with Crippen LogP contribution in [0.15, 0.2) is 48.5 Å². The van der Waals surface area contributed by atoms with Crippen LogP contribution >= 0.6 is 0 Å². The van der Waals surface area contributed by atoms with Crippen molar-refractivity contribution in [3.05, 3.63) is 65.2 Å². The van der Waals surface area contributed by atoms with Gasteiger partial charge in [-0.1, -0.05) is 44.0 Å². The van der Waals surface area contributed by atoms with Gasteiger partial charge in [-0.3, -0.25) is 0 Å². The molecule has 0 aromatic heterocycles. The first-order chi connectivity index (χ1) is 12.8. The number of benzene rings is 2. The fraction of sp³-hybridized carbons (Fsp3) is 0.458. The normalized spacial score (nSPS) is 19.7. The quantitative estimate of drug-likeness (QED) is 0.531. The van der Waals surface area contributed by atoms with Gasteiger partial charge in [-0.05, 0) is 79.3 Å². The zero-order chi connectivity index (χ0) is 18.2. The van der Waals surface area contributed by atoms with Crippen molar-refractivity contribution in [1.29, 1.82) is 5.26 Å². The third-order valence-electron chi connectivity index (χ3n) is 5.61. The summed E-state index contributed by atoms with van der Waals surface area (Å²) in [4.78, 5) is 0. The average molecular weight is 348 g/mol. The molecule has 1 aliphatic rings. The van der Waals surface area contributed by atoms with E-state index in [1.807, 2.05) is 12.1 Å². The van der Waals surface area contributed by atoms with E-state index in [1.54, 1.807) is 0 Å². The molecule has 2 nitrogen and oxygen atoms in total. The molecule has 26 heavy (non-hydrogen) atoms. The van der Waals surface area contributed by atoms with E-state index in [9.17, 15) is 0 Å². The lowest BCUT2D eigenvalue weighted by atomic mass is 9.76. The highest BCUT2D eigenvalue weighted by Gasteiger charge is 2.23. The minimum absolute atomic E-state index is 0.639. The van der Waals surface area contributed by atoms with Crippen LogP contribution in [0.5, 0.6) is 5.75 Å². The molecule has 2 aromatic carbocycles. The molecule has 2 aromatic rings. The van der Waals surface area contributed by atoms with Crippen LogP contribution < -0.4 is 4.74 Å². The van der Waals surface area contributed by atoms with Gasteiger partial charge in [-0.2, -0.15) is 5.26 Å². The minimum Gasteiger partial charge on any atom is -0.494 e. The van der Waals surface area contributed by atoms with Crippen molar-refractivity contribution in [2.24, 2.45) is 0 Å². The summed E-state index contributed by atoms with van der Waals surface area (Å²) in [5.41, 5.74) is 3.59. The summed E-state index contributed by atoms with van der Waals surface area (Å²) in [6.07, 6.45) is 8.53. The van der Waals surface area contributed by atoms with E-state index in [2.05, 4.69) is 49.4 Å². The van der Waals surface area contributed by atoms with Crippen LogP contribution in [0.1, 0.15) is 80.4 Å². The van der Waals surface area contributed by atoms with Crippen LogP contribution in [-0.2, 0) is 0 Å². The van der Waals surface area contributed by atoms with Crippen LogP contribution in [0.25, 0.3) is 0 Å². The van der Waals surface area contributed by atoms with Crippen molar-refractivity contribution in [3.8, 4) is 11.8 Å². The summed E-state index contributed by atoms with van der Waals surface area (Å²) in [5, 5.41) is 8.93. The molecule has 136 valence electrons. The lowest BCUT2D eigenvalue weighted by molar-refractivity contribution is 0.306. The highest BCUT2D eigenvalue weighted by Crippen LogP contribution is 2.40. The van der Waals surface area contributed by atoms with Gasteiger partial charge >= 0.3 is 0 Å². The van der Waals surface area contributed by atoms with Gasteiger partial charge in [0.25, 0.3) is 0 Å². The van der Waals surface area contributed by atoms with Gasteiger partial charge in [0.2, 0.25) is 0 Å². The van der Waals surface area contributed by atoms with E-state index >= 15 is 0 Å². The summed E-state index contributed by atoms with van der Waals surface area (Å²) in [6, 6.07) is 19.1. The first-order valence-electron chi connectivity index (χ1n) is 10.0. The average Bonchev–Trinajstić information content (AvgIpc) is 2.72. The second-order valence-corrected chi connectivity index (χ2v) is 7.41. The zero-order valence-electron chi connectivity index (χ0n) is 15.8. The molecular weight excluding hydrogens is 318 g/mol. The van der Waals surface area contributed by atoms with Crippen molar-refractivity contribution >= 4 is 0 Å². The van der Waals surface area contributed by atoms with Crippen LogP contribution in [0.4, 0.5) is 0 Å². The maximum atomic E-state index is 8.93. The summed E-state index contributed by atoms with van der Waals surface area (Å²) in [5.74, 6) is 2.30. The number of nitrogens with zero attached hydrogens (tertiary/aromatic N) is 1. The third-order valence-corrected chi connectivity index (χ3v) is 5.61. The van der Waals surface area contributed by atoms with Crippen molar-refractivity contribution < 1.29 is 4.74 Å². The van der Waals surface area contributed by atoms with Crippen molar-refractivity contribution in [2.45, 2.75) is 63.7 Å². The maximum absolute atomic E-state index is 8.93. The van der Waals surface area contributed by atoms with Gasteiger partial charge in [-0.25, -0.2) is 0 Å². The molecule has 0 aliphatic heterocycles. The lowest BCUT2D eigenvalue weighted by Gasteiger charge is -2.29. The number of hydrogen-bond acceptors (Lipinski definition) is 2. The fourth-order valence-electron chi connectivity index (χ4n) is 3.97. The molecule has 0 N–H and O–H groups in total. The second kappa shape index (κ2) is 9.43. The molecule has 0 amide bonds. The molecule has 0 saturated heterocycles. The molecule has 0 heterocycles. The van der Waals surface area contributed by atoms with Crippen LogP contribution in [-0.4, -0.2) is 6.61 Å². The van der Waals surface area contributed by atoms with Crippen molar-refractivity contribution in [2.75, 3.05) is 6.61 Å². The van der Waals surface area contributed by atoms with E-state index in [0.29, 0.717) is 11.8 Å². The molecule has 0 atom stereocenters. The second-order valence-electron chi connectivity index (χ2n) is 7.41. The van der Waals surface area contributed by atoms with Gasteiger partial charge in [0.05, 0.1) is 18.2 Å². The van der Waals surface area contributed by atoms with Gasteiger partial charge in [0.1, 0.15) is 5.75 Å². The Morgan fingerprint density at radius 3 is 1.88 bits per heavy atom. The Balaban J connectivity index is 1.50. The van der Waals surface area contributed by atoms with E-state index in [0.717, 1.165) is 24.3 Å². The number of rotatable bonds is 7.